The molecule has 0 bridgehead atoms. The number of aromatic nitrogens is 1. The Hall–Kier alpha value is -2.73. The lowest BCUT2D eigenvalue weighted by atomic mass is 9.89. The van der Waals surface area contributed by atoms with Crippen LogP contribution in [-0.4, -0.2) is 79.2 Å². The quantitative estimate of drug-likeness (QED) is 0.497. The summed E-state index contributed by atoms with van der Waals surface area (Å²) in [4.78, 5) is 13.4. The minimum atomic E-state index is -4.46. The summed E-state index contributed by atoms with van der Waals surface area (Å²) in [6, 6.07) is 4.55. The van der Waals surface area contributed by atoms with Crippen molar-refractivity contribution in [1.82, 2.24) is 10.1 Å². The number of rotatable bonds is 9. The number of hydrogen-bond acceptors (Lipinski definition) is 8. The summed E-state index contributed by atoms with van der Waals surface area (Å²) >= 11 is 0. The molecule has 0 atom stereocenters. The van der Waals surface area contributed by atoms with Gasteiger partial charge in [0, 0.05) is 25.8 Å². The third-order valence-electron chi connectivity index (χ3n) is 6.57. The normalized spacial score (nSPS) is 19.5. The second kappa shape index (κ2) is 10.9. The van der Waals surface area contributed by atoms with Gasteiger partial charge in [0.25, 0.3) is 5.88 Å². The lowest BCUT2D eigenvalue weighted by molar-refractivity contribution is -0.153. The third-order valence-corrected chi connectivity index (χ3v) is 6.57. The van der Waals surface area contributed by atoms with Crippen LogP contribution in [0.25, 0.3) is 11.0 Å². The van der Waals surface area contributed by atoms with Gasteiger partial charge in [0.05, 0.1) is 19.8 Å². The second-order valence-corrected chi connectivity index (χ2v) is 9.03. The molecule has 0 saturated carbocycles. The SMILES string of the molecule is O=C(O)OC1(CCN2CCC(COc3noc4cccc(OCC(F)(F)F)c34)CC2)CCOCC1. The van der Waals surface area contributed by atoms with Crippen molar-refractivity contribution in [1.29, 1.82) is 0 Å². The maximum Gasteiger partial charge on any atom is 0.506 e. The fourth-order valence-electron chi connectivity index (χ4n) is 4.58. The number of likely N-dealkylation sites (tertiary alicyclic amines) is 1. The minimum absolute atomic E-state index is 0.0107. The number of carbonyl (C=O) groups is 1. The fraction of sp³-hybridized carbons (Fsp3) is 0.652. The number of carboxylic acid groups (broad SMARTS) is 1. The van der Waals surface area contributed by atoms with E-state index >= 15 is 0 Å². The van der Waals surface area contributed by atoms with Gasteiger partial charge in [-0.1, -0.05) is 6.07 Å². The second-order valence-electron chi connectivity index (χ2n) is 9.03. The zero-order chi connectivity index (χ0) is 24.9. The maximum atomic E-state index is 12.6. The van der Waals surface area contributed by atoms with Crippen LogP contribution in [0.5, 0.6) is 11.6 Å². The molecule has 12 heteroatoms. The van der Waals surface area contributed by atoms with Crippen molar-refractivity contribution in [2.24, 2.45) is 5.92 Å². The predicted octanol–water partition coefficient (Wildman–Crippen LogP) is 4.49. The molecular formula is C23H29F3N2O7. The van der Waals surface area contributed by atoms with Gasteiger partial charge in [-0.25, -0.2) is 4.79 Å². The monoisotopic (exact) mass is 502 g/mol. The average molecular weight is 502 g/mol. The van der Waals surface area contributed by atoms with Gasteiger partial charge in [-0.2, -0.15) is 13.2 Å². The smallest absolute Gasteiger partial charge is 0.483 e. The van der Waals surface area contributed by atoms with Gasteiger partial charge in [-0.05, 0) is 49.1 Å². The Labute approximate surface area is 200 Å². The number of hydrogen-bond donors (Lipinski definition) is 1. The van der Waals surface area contributed by atoms with Gasteiger partial charge in [-0.3, -0.25) is 0 Å². The van der Waals surface area contributed by atoms with Crippen LogP contribution in [0.15, 0.2) is 22.7 Å². The first-order chi connectivity index (χ1) is 16.7. The third kappa shape index (κ3) is 6.91. The van der Waals surface area contributed by atoms with E-state index in [1.165, 1.54) is 12.1 Å². The molecule has 1 N–H and O–H groups in total. The summed E-state index contributed by atoms with van der Waals surface area (Å²) in [5.41, 5.74) is -0.399. The number of alkyl halides is 3. The van der Waals surface area contributed by atoms with Gasteiger partial charge >= 0.3 is 12.3 Å². The molecule has 1 aromatic heterocycles. The number of benzene rings is 1. The Morgan fingerprint density at radius 1 is 1.20 bits per heavy atom. The van der Waals surface area contributed by atoms with E-state index in [9.17, 15) is 18.0 Å². The first kappa shape index (κ1) is 25.4. The summed E-state index contributed by atoms with van der Waals surface area (Å²) < 4.78 is 64.4. The maximum absolute atomic E-state index is 12.6. The molecule has 0 amide bonds. The van der Waals surface area contributed by atoms with Gasteiger partial charge < -0.3 is 33.5 Å². The molecule has 4 rings (SSSR count). The van der Waals surface area contributed by atoms with Crippen molar-refractivity contribution in [3.63, 3.8) is 0 Å². The van der Waals surface area contributed by atoms with Gasteiger partial charge in [-0.15, -0.1) is 0 Å². The highest BCUT2D eigenvalue weighted by molar-refractivity contribution is 5.88. The number of ether oxygens (including phenoxy) is 4. The number of halogens is 3. The Bertz CT molecular complexity index is 983. The van der Waals surface area contributed by atoms with E-state index in [4.69, 9.17) is 28.6 Å². The summed E-state index contributed by atoms with van der Waals surface area (Å²) in [6.45, 7) is 2.31. The summed E-state index contributed by atoms with van der Waals surface area (Å²) in [6.07, 6.45) is -2.25. The van der Waals surface area contributed by atoms with Crippen molar-refractivity contribution in [3.8, 4) is 11.6 Å². The van der Waals surface area contributed by atoms with Gasteiger partial charge in [0.15, 0.2) is 12.2 Å². The Morgan fingerprint density at radius 2 is 1.94 bits per heavy atom. The van der Waals surface area contributed by atoms with Crippen molar-refractivity contribution in [2.75, 3.05) is 46.1 Å². The highest BCUT2D eigenvalue weighted by atomic mass is 19.4. The van der Waals surface area contributed by atoms with Crippen LogP contribution in [0.2, 0.25) is 0 Å². The highest BCUT2D eigenvalue weighted by Gasteiger charge is 2.37. The van der Waals surface area contributed by atoms with Gasteiger partial charge in [0.1, 0.15) is 16.7 Å². The molecule has 2 saturated heterocycles. The Balaban J connectivity index is 1.27. The van der Waals surface area contributed by atoms with Crippen LogP contribution >= 0.6 is 0 Å². The molecule has 2 aliphatic heterocycles. The summed E-state index contributed by atoms with van der Waals surface area (Å²) in [5, 5.41) is 13.3. The Morgan fingerprint density at radius 3 is 2.63 bits per heavy atom. The molecule has 194 valence electrons. The van der Waals surface area contributed by atoms with Crippen LogP contribution in [0.3, 0.4) is 0 Å². The number of nitrogens with zero attached hydrogens (tertiary/aromatic N) is 2. The molecule has 35 heavy (non-hydrogen) atoms. The van der Waals surface area contributed by atoms with E-state index in [-0.39, 0.29) is 22.9 Å². The van der Waals surface area contributed by atoms with Gasteiger partial charge in [0.2, 0.25) is 0 Å². The largest absolute Gasteiger partial charge is 0.506 e. The average Bonchev–Trinajstić information content (AvgIpc) is 3.24. The summed E-state index contributed by atoms with van der Waals surface area (Å²) in [7, 11) is 0. The molecule has 2 aromatic rings. The lowest BCUT2D eigenvalue weighted by Crippen LogP contribution is -2.45. The van der Waals surface area contributed by atoms with Crippen LogP contribution in [0, 0.1) is 5.92 Å². The molecule has 3 heterocycles. The molecule has 1 aromatic carbocycles. The minimum Gasteiger partial charge on any atom is -0.483 e. The first-order valence-corrected chi connectivity index (χ1v) is 11.7. The van der Waals surface area contributed by atoms with Crippen LogP contribution in [0.1, 0.15) is 32.1 Å². The summed E-state index contributed by atoms with van der Waals surface area (Å²) in [5.74, 6) is 0.373. The lowest BCUT2D eigenvalue weighted by Gasteiger charge is -2.38. The highest BCUT2D eigenvalue weighted by Crippen LogP contribution is 2.35. The van der Waals surface area contributed by atoms with Crippen LogP contribution < -0.4 is 9.47 Å². The van der Waals surface area contributed by atoms with E-state index in [2.05, 4.69) is 10.1 Å². The molecule has 0 aliphatic carbocycles. The zero-order valence-corrected chi connectivity index (χ0v) is 19.2. The van der Waals surface area contributed by atoms with Crippen LogP contribution in [0.4, 0.5) is 18.0 Å². The predicted molar refractivity (Wildman–Crippen MR) is 117 cm³/mol. The van der Waals surface area contributed by atoms with Crippen molar-refractivity contribution in [3.05, 3.63) is 18.2 Å². The van der Waals surface area contributed by atoms with Crippen molar-refractivity contribution in [2.45, 2.75) is 43.9 Å². The molecule has 0 spiro atoms. The standard InChI is InChI=1S/C23H29F3N2O7/c24-23(25,26)15-33-17-2-1-3-18-19(17)20(27-35-18)32-14-16-4-9-28(10-5-16)11-6-22(34-21(29)30)7-12-31-13-8-22/h1-3,16H,4-15H2,(H,29,30). The number of fused-ring (bicyclic) bond motifs is 1. The van der Waals surface area contributed by atoms with E-state index in [1.54, 1.807) is 6.07 Å². The fourth-order valence-corrected chi connectivity index (χ4v) is 4.58. The van der Waals surface area contributed by atoms with Crippen LogP contribution in [-0.2, 0) is 9.47 Å². The molecule has 9 nitrogen and oxygen atoms in total. The molecule has 2 fully saturated rings. The van der Waals surface area contributed by atoms with Crippen molar-refractivity contribution < 1.29 is 46.5 Å². The van der Waals surface area contributed by atoms with Crippen molar-refractivity contribution >= 4 is 17.1 Å². The Kier molecular flexibility index (Phi) is 7.90. The topological polar surface area (TPSA) is 103 Å². The number of piperidine rings is 1. The first-order valence-electron chi connectivity index (χ1n) is 11.7. The zero-order valence-electron chi connectivity index (χ0n) is 19.2. The van der Waals surface area contributed by atoms with E-state index in [1.807, 2.05) is 0 Å². The molecular weight excluding hydrogens is 473 g/mol. The molecule has 2 aliphatic rings. The molecule has 0 radical (unpaired) electrons. The van der Waals surface area contributed by atoms with E-state index in [0.29, 0.717) is 44.7 Å². The van der Waals surface area contributed by atoms with E-state index in [0.717, 1.165) is 32.5 Å². The van der Waals surface area contributed by atoms with E-state index < -0.39 is 24.5 Å². The molecule has 0 unspecified atom stereocenters.